The number of fused-ring (bicyclic) bond motifs is 11. The van der Waals surface area contributed by atoms with Crippen LogP contribution in [0, 0.1) is 6.92 Å². The van der Waals surface area contributed by atoms with Crippen molar-refractivity contribution in [3.8, 4) is 66.8 Å². The van der Waals surface area contributed by atoms with E-state index in [1.54, 1.807) is 0 Å². The second kappa shape index (κ2) is 21.9. The first-order valence-electron chi connectivity index (χ1n) is 33.1. The van der Waals surface area contributed by atoms with Crippen molar-refractivity contribution in [1.29, 1.82) is 0 Å². The molecule has 0 heteroatoms. The van der Waals surface area contributed by atoms with Gasteiger partial charge in [0.25, 0.3) is 0 Å². The molecular formula is C93H70. The summed E-state index contributed by atoms with van der Waals surface area (Å²) >= 11 is 0. The highest BCUT2D eigenvalue weighted by atomic mass is 14.5. The van der Waals surface area contributed by atoms with Crippen LogP contribution in [0.4, 0.5) is 0 Å². The molecule has 0 fully saturated rings. The van der Waals surface area contributed by atoms with E-state index in [1.165, 1.54) is 172 Å². The van der Waals surface area contributed by atoms with Gasteiger partial charge in [0.15, 0.2) is 0 Å². The minimum atomic E-state index is -0.602. The van der Waals surface area contributed by atoms with Crippen molar-refractivity contribution < 1.29 is 0 Å². The highest BCUT2D eigenvalue weighted by Gasteiger charge is 2.48. The lowest BCUT2D eigenvalue weighted by Crippen LogP contribution is -2.28. The first-order chi connectivity index (χ1) is 45.7. The Hall–Kier alpha value is -10.9. The summed E-state index contributed by atoms with van der Waals surface area (Å²) in [6.45, 7) is 13.5. The summed E-state index contributed by atoms with van der Waals surface area (Å²) in [4.78, 5) is 0. The van der Waals surface area contributed by atoms with Crippen LogP contribution >= 0.6 is 0 Å². The Balaban J connectivity index is 0.774. The van der Waals surface area contributed by atoms with Crippen molar-refractivity contribution in [3.63, 3.8) is 0 Å². The van der Waals surface area contributed by atoms with E-state index in [4.69, 9.17) is 0 Å². The smallest absolute Gasteiger partial charge is 0.0713 e. The van der Waals surface area contributed by atoms with Gasteiger partial charge in [-0.2, -0.15) is 0 Å². The van der Waals surface area contributed by atoms with E-state index in [0.717, 1.165) is 12.8 Å². The van der Waals surface area contributed by atoms with Gasteiger partial charge in [0.2, 0.25) is 0 Å². The third-order valence-corrected chi connectivity index (χ3v) is 21.3. The van der Waals surface area contributed by atoms with Gasteiger partial charge in [0, 0.05) is 5.41 Å². The second-order valence-corrected chi connectivity index (χ2v) is 26.4. The molecule has 2 unspecified atom stereocenters. The average molecular weight is 1190 g/mol. The number of benzene rings is 14. The zero-order valence-electron chi connectivity index (χ0n) is 53.1. The van der Waals surface area contributed by atoms with Crippen molar-refractivity contribution in [2.75, 3.05) is 0 Å². The van der Waals surface area contributed by atoms with Crippen LogP contribution in [0.3, 0.4) is 0 Å². The average Bonchev–Trinajstić information content (AvgIpc) is 1.56. The van der Waals surface area contributed by atoms with Crippen LogP contribution in [0.25, 0.3) is 93.9 Å². The molecule has 0 heterocycles. The summed E-state index contributed by atoms with van der Waals surface area (Å²) in [5.74, 6) is 0. The molecule has 0 amide bonds. The van der Waals surface area contributed by atoms with Crippen LogP contribution in [-0.2, 0) is 22.7 Å². The van der Waals surface area contributed by atoms with Crippen molar-refractivity contribution in [2.45, 2.75) is 56.8 Å². The molecule has 0 saturated carbocycles. The zero-order chi connectivity index (χ0) is 62.6. The van der Waals surface area contributed by atoms with Crippen molar-refractivity contribution in [2.24, 2.45) is 0 Å². The van der Waals surface area contributed by atoms with Gasteiger partial charge in [-0.1, -0.05) is 331 Å². The molecule has 0 spiro atoms. The second-order valence-electron chi connectivity index (χ2n) is 26.4. The highest BCUT2D eigenvalue weighted by Crippen LogP contribution is 2.60. The molecule has 17 rings (SSSR count). The molecule has 3 aliphatic rings. The summed E-state index contributed by atoms with van der Waals surface area (Å²) < 4.78 is 0. The summed E-state index contributed by atoms with van der Waals surface area (Å²) in [6, 6.07) is 115. The minimum absolute atomic E-state index is 0.0717. The molecule has 0 radical (unpaired) electrons. The molecule has 442 valence electrons. The highest BCUT2D eigenvalue weighted by molar-refractivity contribution is 6.05. The number of aryl methyl sites for hydroxylation is 1. The van der Waals surface area contributed by atoms with Crippen molar-refractivity contribution in [1.82, 2.24) is 0 Å². The van der Waals surface area contributed by atoms with Gasteiger partial charge in [0.1, 0.15) is 0 Å². The molecule has 14 aromatic carbocycles. The Labute approximate surface area is 547 Å². The Morgan fingerprint density at radius 2 is 0.882 bits per heavy atom. The lowest BCUT2D eigenvalue weighted by atomic mass is 9.67. The molecule has 0 nitrogen and oxygen atoms in total. The molecule has 2 atom stereocenters. The SMILES string of the molecule is C=CC(=CCC)c1cccc2c1-c1ccccc1C2(c1ccccc1)c1ccc(-c2ccc3c(C)ccc(-c4ccc5c(c4)C(c4ccccc4)(c4cccc(Cc6ccc(-c7cccc8c7-c7ccccc7C8(C)C)c7ccccc67)c4)c4ccccc4-5)c3c2)cc1. The molecule has 0 aliphatic heterocycles. The third-order valence-electron chi connectivity index (χ3n) is 21.3. The largest absolute Gasteiger partial charge is 0.0985 e. The number of hydrogen-bond acceptors (Lipinski definition) is 0. The number of hydrogen-bond donors (Lipinski definition) is 0. The Morgan fingerprint density at radius 3 is 1.62 bits per heavy atom. The molecule has 0 N–H and O–H groups in total. The fraction of sp³-hybridized carbons (Fsp3) is 0.0968. The van der Waals surface area contributed by atoms with Gasteiger partial charge in [-0.3, -0.25) is 0 Å². The van der Waals surface area contributed by atoms with E-state index in [9.17, 15) is 0 Å². The monoisotopic (exact) mass is 1190 g/mol. The number of allylic oxidation sites excluding steroid dienone is 3. The Morgan fingerprint density at radius 1 is 0.344 bits per heavy atom. The predicted octanol–water partition coefficient (Wildman–Crippen LogP) is 23.9. The number of rotatable bonds is 12. The van der Waals surface area contributed by atoms with E-state index in [0.29, 0.717) is 0 Å². The minimum Gasteiger partial charge on any atom is -0.0985 e. The lowest BCUT2D eigenvalue weighted by Gasteiger charge is -2.34. The summed E-state index contributed by atoms with van der Waals surface area (Å²) in [5.41, 5.74) is 33.3. The zero-order valence-corrected chi connectivity index (χ0v) is 53.1. The van der Waals surface area contributed by atoms with Gasteiger partial charge in [-0.15, -0.1) is 0 Å². The lowest BCUT2D eigenvalue weighted by molar-refractivity contribution is 0.660. The van der Waals surface area contributed by atoms with Crippen LogP contribution in [0.2, 0.25) is 0 Å². The summed E-state index contributed by atoms with van der Waals surface area (Å²) in [6.07, 6.45) is 6.05. The fourth-order valence-corrected chi connectivity index (χ4v) is 17.2. The third kappa shape index (κ3) is 8.37. The fourth-order valence-electron chi connectivity index (χ4n) is 17.2. The Kier molecular flexibility index (Phi) is 13.2. The van der Waals surface area contributed by atoms with E-state index in [-0.39, 0.29) is 5.41 Å². The Bertz CT molecular complexity index is 5380. The van der Waals surface area contributed by atoms with Gasteiger partial charge >= 0.3 is 0 Å². The van der Waals surface area contributed by atoms with E-state index in [2.05, 4.69) is 344 Å². The molecule has 14 aromatic rings. The van der Waals surface area contributed by atoms with E-state index >= 15 is 0 Å². The van der Waals surface area contributed by atoms with Crippen LogP contribution in [-0.4, -0.2) is 0 Å². The molecule has 3 aliphatic carbocycles. The van der Waals surface area contributed by atoms with Gasteiger partial charge in [-0.25, -0.2) is 0 Å². The molecule has 93 heavy (non-hydrogen) atoms. The summed E-state index contributed by atoms with van der Waals surface area (Å²) in [5, 5.41) is 5.08. The maximum absolute atomic E-state index is 4.30. The quantitative estimate of drug-likeness (QED) is 0.107. The standard InChI is InChI=1S/C93H70/c1-6-25-62(7-2)74-37-23-43-87-89(74)81-36-18-21-41-85(81)92(87,67-27-10-8-11-28-67)69-50-45-63(46-51-69)64-47-53-71-60(3)44-52-73(82(71)58-64)66-49-55-78-77-34-16-20-40-84(77)93(88(78)59-66,68-29-12-9-13-30-68)70-31-22-26-61(57-70)56-65-48-54-76(75-33-15-14-32-72(65)75)79-38-24-42-86-90(79)80-35-17-19-39-83(80)91(86,4)5/h7-55,57-59H,2,6,56H2,1,3-5H3. The van der Waals surface area contributed by atoms with Gasteiger partial charge < -0.3 is 0 Å². The molecule has 0 bridgehead atoms. The van der Waals surface area contributed by atoms with Gasteiger partial charge in [-0.05, 0) is 204 Å². The van der Waals surface area contributed by atoms with Crippen LogP contribution < -0.4 is 0 Å². The molecular weight excluding hydrogens is 1120 g/mol. The topological polar surface area (TPSA) is 0 Å². The van der Waals surface area contributed by atoms with E-state index in [1.807, 2.05) is 6.08 Å². The molecule has 0 aromatic heterocycles. The van der Waals surface area contributed by atoms with Crippen LogP contribution in [0.15, 0.2) is 322 Å². The van der Waals surface area contributed by atoms with E-state index < -0.39 is 10.8 Å². The van der Waals surface area contributed by atoms with Crippen LogP contribution in [0.1, 0.15) is 105 Å². The summed E-state index contributed by atoms with van der Waals surface area (Å²) in [7, 11) is 0. The maximum Gasteiger partial charge on any atom is 0.0713 e. The first-order valence-corrected chi connectivity index (χ1v) is 33.1. The van der Waals surface area contributed by atoms with Crippen LogP contribution in [0.5, 0.6) is 0 Å². The normalized spacial score (nSPS) is 16.3. The van der Waals surface area contributed by atoms with Gasteiger partial charge in [0.05, 0.1) is 10.8 Å². The predicted molar refractivity (Wildman–Crippen MR) is 392 cm³/mol. The molecule has 0 saturated heterocycles. The maximum atomic E-state index is 4.30. The van der Waals surface area contributed by atoms with Crippen molar-refractivity contribution in [3.05, 3.63) is 400 Å². The first kappa shape index (κ1) is 56.1. The van der Waals surface area contributed by atoms with Crippen molar-refractivity contribution >= 4 is 27.1 Å².